The van der Waals surface area contributed by atoms with Gasteiger partial charge in [0.25, 0.3) is 5.91 Å². The van der Waals surface area contributed by atoms with Crippen molar-refractivity contribution in [2.45, 2.75) is 0 Å². The molecule has 4 aromatic rings. The summed E-state index contributed by atoms with van der Waals surface area (Å²) in [4.78, 5) is 12.5. The molecule has 0 radical (unpaired) electrons. The maximum Gasteiger partial charge on any atom is 0.291 e. The molecule has 150 valence electrons. The first-order valence-electron chi connectivity index (χ1n) is 8.89. The molecule has 0 unspecified atom stereocenters. The van der Waals surface area contributed by atoms with Gasteiger partial charge < -0.3 is 14.5 Å². The molecule has 0 spiro atoms. The predicted molar refractivity (Wildman–Crippen MR) is 120 cm³/mol. The van der Waals surface area contributed by atoms with Crippen LogP contribution in [0.25, 0.3) is 11.3 Å². The van der Waals surface area contributed by atoms with E-state index in [4.69, 9.17) is 44.0 Å². The van der Waals surface area contributed by atoms with Crippen molar-refractivity contribution in [3.8, 4) is 22.8 Å². The van der Waals surface area contributed by atoms with Gasteiger partial charge in [0.15, 0.2) is 5.76 Å². The lowest BCUT2D eigenvalue weighted by atomic mass is 10.2. The lowest BCUT2D eigenvalue weighted by Gasteiger charge is -2.07. The summed E-state index contributed by atoms with van der Waals surface area (Å²) in [7, 11) is 0. The Bertz CT molecular complexity index is 1190. The van der Waals surface area contributed by atoms with Gasteiger partial charge >= 0.3 is 0 Å². The minimum atomic E-state index is -0.384. The highest BCUT2D eigenvalue weighted by Gasteiger charge is 2.15. The number of benzene rings is 3. The molecule has 1 aromatic heterocycles. The van der Waals surface area contributed by atoms with E-state index >= 15 is 0 Å². The fraction of sp³-hybridized carbons (Fsp3) is 0. The molecular formula is C23H14Cl3NO3. The van der Waals surface area contributed by atoms with E-state index in [9.17, 15) is 4.79 Å². The first-order valence-corrected chi connectivity index (χ1v) is 10.0. The Balaban J connectivity index is 1.43. The van der Waals surface area contributed by atoms with Gasteiger partial charge in [-0.3, -0.25) is 4.79 Å². The molecule has 7 heteroatoms. The normalized spacial score (nSPS) is 10.6. The van der Waals surface area contributed by atoms with Crippen LogP contribution < -0.4 is 10.1 Å². The van der Waals surface area contributed by atoms with E-state index in [0.717, 1.165) is 0 Å². The van der Waals surface area contributed by atoms with E-state index in [2.05, 4.69) is 5.32 Å². The smallest absolute Gasteiger partial charge is 0.291 e. The van der Waals surface area contributed by atoms with Crippen molar-refractivity contribution in [1.82, 2.24) is 0 Å². The Morgan fingerprint density at radius 1 is 0.800 bits per heavy atom. The zero-order valence-electron chi connectivity index (χ0n) is 15.4. The van der Waals surface area contributed by atoms with E-state index in [0.29, 0.717) is 43.6 Å². The largest absolute Gasteiger partial charge is 0.457 e. The topological polar surface area (TPSA) is 51.5 Å². The number of halogens is 3. The third-order valence-corrected chi connectivity index (χ3v) is 5.28. The van der Waals surface area contributed by atoms with Crippen molar-refractivity contribution >= 4 is 46.4 Å². The van der Waals surface area contributed by atoms with E-state index in [1.165, 1.54) is 0 Å². The third-order valence-electron chi connectivity index (χ3n) is 4.21. The van der Waals surface area contributed by atoms with Crippen LogP contribution in [-0.2, 0) is 0 Å². The highest BCUT2D eigenvalue weighted by Crippen LogP contribution is 2.34. The van der Waals surface area contributed by atoms with Crippen molar-refractivity contribution in [2.24, 2.45) is 0 Å². The van der Waals surface area contributed by atoms with Gasteiger partial charge in [-0.25, -0.2) is 0 Å². The number of nitrogens with one attached hydrogen (secondary N) is 1. The predicted octanol–water partition coefficient (Wildman–Crippen LogP) is 7.95. The second-order valence-electron chi connectivity index (χ2n) is 6.30. The average molecular weight is 459 g/mol. The second-order valence-corrected chi connectivity index (χ2v) is 7.52. The molecule has 0 fully saturated rings. The number of hydrogen-bond donors (Lipinski definition) is 1. The first-order chi connectivity index (χ1) is 14.5. The Kier molecular flexibility index (Phi) is 6.00. The van der Waals surface area contributed by atoms with Gasteiger partial charge in [-0.15, -0.1) is 0 Å². The maximum absolute atomic E-state index is 12.5. The van der Waals surface area contributed by atoms with Crippen LogP contribution in [-0.4, -0.2) is 5.91 Å². The SMILES string of the molecule is O=C(Nc1ccc(Oc2ccc(Cl)cc2)cc1)c1ccc(-c2cccc(Cl)c2Cl)o1. The van der Waals surface area contributed by atoms with Gasteiger partial charge in [0.05, 0.1) is 10.0 Å². The van der Waals surface area contributed by atoms with Gasteiger partial charge in [-0.1, -0.05) is 40.9 Å². The number of ether oxygens (including phenoxy) is 1. The molecule has 0 aliphatic rings. The number of carbonyl (C=O) groups is 1. The monoisotopic (exact) mass is 457 g/mol. The lowest BCUT2D eigenvalue weighted by Crippen LogP contribution is -2.10. The van der Waals surface area contributed by atoms with Crippen molar-refractivity contribution in [2.75, 3.05) is 5.32 Å². The summed E-state index contributed by atoms with van der Waals surface area (Å²) < 4.78 is 11.4. The molecule has 0 atom stereocenters. The van der Waals surface area contributed by atoms with E-state index in [-0.39, 0.29) is 11.7 Å². The van der Waals surface area contributed by atoms with E-state index in [1.807, 2.05) is 0 Å². The summed E-state index contributed by atoms with van der Waals surface area (Å²) in [5.74, 6) is 1.53. The highest BCUT2D eigenvalue weighted by molar-refractivity contribution is 6.43. The number of rotatable bonds is 5. The summed E-state index contributed by atoms with van der Waals surface area (Å²) >= 11 is 18.1. The molecule has 0 bridgehead atoms. The van der Waals surface area contributed by atoms with Crippen molar-refractivity contribution < 1.29 is 13.9 Å². The molecule has 0 aliphatic carbocycles. The summed E-state index contributed by atoms with van der Waals surface area (Å²) in [6, 6.07) is 22.5. The third kappa shape index (κ3) is 4.62. The summed E-state index contributed by atoms with van der Waals surface area (Å²) in [6.45, 7) is 0. The van der Waals surface area contributed by atoms with Gasteiger partial charge in [0.1, 0.15) is 17.3 Å². The summed E-state index contributed by atoms with van der Waals surface area (Å²) in [5, 5.41) is 4.21. The summed E-state index contributed by atoms with van der Waals surface area (Å²) in [6.07, 6.45) is 0. The van der Waals surface area contributed by atoms with Crippen LogP contribution in [0.2, 0.25) is 15.1 Å². The lowest BCUT2D eigenvalue weighted by molar-refractivity contribution is 0.0997. The highest BCUT2D eigenvalue weighted by atomic mass is 35.5. The van der Waals surface area contributed by atoms with Gasteiger partial charge in [-0.05, 0) is 72.8 Å². The minimum absolute atomic E-state index is 0.155. The van der Waals surface area contributed by atoms with Crippen molar-refractivity contribution in [3.63, 3.8) is 0 Å². The Morgan fingerprint density at radius 2 is 1.47 bits per heavy atom. The molecule has 0 aliphatic heterocycles. The van der Waals surface area contributed by atoms with E-state index < -0.39 is 0 Å². The van der Waals surface area contributed by atoms with Crippen LogP contribution in [0.5, 0.6) is 11.5 Å². The molecule has 4 rings (SSSR count). The second kappa shape index (κ2) is 8.84. The van der Waals surface area contributed by atoms with Crippen LogP contribution in [0.4, 0.5) is 5.69 Å². The molecular weight excluding hydrogens is 445 g/mol. The molecule has 3 aromatic carbocycles. The average Bonchev–Trinajstić information content (AvgIpc) is 3.23. The molecule has 0 saturated carbocycles. The van der Waals surface area contributed by atoms with Crippen LogP contribution in [0, 0.1) is 0 Å². The van der Waals surface area contributed by atoms with Gasteiger partial charge in [0.2, 0.25) is 0 Å². The maximum atomic E-state index is 12.5. The van der Waals surface area contributed by atoms with Crippen molar-refractivity contribution in [1.29, 1.82) is 0 Å². The van der Waals surface area contributed by atoms with Crippen molar-refractivity contribution in [3.05, 3.63) is 99.7 Å². The number of amides is 1. The Hall–Kier alpha value is -2.92. The van der Waals surface area contributed by atoms with Crippen LogP contribution in [0.15, 0.2) is 83.3 Å². The zero-order valence-corrected chi connectivity index (χ0v) is 17.6. The molecule has 4 nitrogen and oxygen atoms in total. The Morgan fingerprint density at radius 3 is 2.17 bits per heavy atom. The number of anilines is 1. The van der Waals surface area contributed by atoms with Crippen LogP contribution >= 0.6 is 34.8 Å². The van der Waals surface area contributed by atoms with Gasteiger partial charge in [-0.2, -0.15) is 0 Å². The molecule has 30 heavy (non-hydrogen) atoms. The first kappa shape index (κ1) is 20.4. The minimum Gasteiger partial charge on any atom is -0.457 e. The quantitative estimate of drug-likeness (QED) is 0.330. The van der Waals surface area contributed by atoms with E-state index in [1.54, 1.807) is 78.9 Å². The Labute approximate surface area is 187 Å². The fourth-order valence-electron chi connectivity index (χ4n) is 2.74. The van der Waals surface area contributed by atoms with Crippen LogP contribution in [0.1, 0.15) is 10.6 Å². The summed E-state index contributed by atoms with van der Waals surface area (Å²) in [5.41, 5.74) is 1.22. The van der Waals surface area contributed by atoms with Crippen LogP contribution in [0.3, 0.4) is 0 Å². The standard InChI is InChI=1S/C23H14Cl3NO3/c24-14-4-8-16(9-5-14)29-17-10-6-15(7-11-17)27-23(28)21-13-12-20(30-21)18-2-1-3-19(25)22(18)26/h1-13H,(H,27,28). The zero-order chi connectivity index (χ0) is 21.1. The molecule has 0 saturated heterocycles. The fourth-order valence-corrected chi connectivity index (χ4v) is 3.26. The molecule has 1 heterocycles. The van der Waals surface area contributed by atoms with Gasteiger partial charge in [0, 0.05) is 16.3 Å². The number of furan rings is 1. The molecule has 1 N–H and O–H groups in total. The molecule has 1 amide bonds. The number of carbonyl (C=O) groups excluding carboxylic acids is 1. The number of hydrogen-bond acceptors (Lipinski definition) is 3.